The number of hydrazine groups is 1. The number of carbonyl (C=O) groups excluding carboxylic acids is 1. The van der Waals surface area contributed by atoms with E-state index in [1.807, 2.05) is 12.1 Å². The van der Waals surface area contributed by atoms with E-state index in [0.29, 0.717) is 11.6 Å². The SMILES string of the molecule is CCC1CCCCN1Cc1cccc(C(=O)NN)c1. The predicted molar refractivity (Wildman–Crippen MR) is 76.4 cm³/mol. The van der Waals surface area contributed by atoms with Crippen LogP contribution in [0.3, 0.4) is 0 Å². The number of likely N-dealkylation sites (tertiary alicyclic amines) is 1. The zero-order chi connectivity index (χ0) is 13.7. The average Bonchev–Trinajstić information content (AvgIpc) is 2.47. The van der Waals surface area contributed by atoms with Crippen LogP contribution >= 0.6 is 0 Å². The third-order valence-electron chi connectivity index (χ3n) is 3.93. The molecule has 1 saturated heterocycles. The number of hydrogen-bond acceptors (Lipinski definition) is 3. The molecule has 1 unspecified atom stereocenters. The van der Waals surface area contributed by atoms with Crippen molar-refractivity contribution in [3.8, 4) is 0 Å². The first-order chi connectivity index (χ1) is 9.24. The highest BCUT2D eigenvalue weighted by Crippen LogP contribution is 2.21. The second-order valence-corrected chi connectivity index (χ2v) is 5.20. The molecule has 0 radical (unpaired) electrons. The molecule has 1 atom stereocenters. The molecule has 1 amide bonds. The van der Waals surface area contributed by atoms with E-state index < -0.39 is 0 Å². The molecule has 2 rings (SSSR count). The van der Waals surface area contributed by atoms with E-state index in [1.54, 1.807) is 6.07 Å². The summed E-state index contributed by atoms with van der Waals surface area (Å²) in [6.07, 6.45) is 5.10. The lowest BCUT2D eigenvalue weighted by atomic mass is 9.99. The Kier molecular flexibility index (Phi) is 4.93. The Labute approximate surface area is 114 Å². The molecule has 1 aromatic rings. The average molecular weight is 261 g/mol. The molecule has 19 heavy (non-hydrogen) atoms. The number of hydrogen-bond donors (Lipinski definition) is 2. The van der Waals surface area contributed by atoms with E-state index in [0.717, 1.165) is 13.1 Å². The van der Waals surface area contributed by atoms with E-state index in [-0.39, 0.29) is 5.91 Å². The largest absolute Gasteiger partial charge is 0.296 e. The zero-order valence-electron chi connectivity index (χ0n) is 11.6. The smallest absolute Gasteiger partial charge is 0.265 e. The van der Waals surface area contributed by atoms with Crippen molar-refractivity contribution in [1.29, 1.82) is 0 Å². The fourth-order valence-corrected chi connectivity index (χ4v) is 2.86. The van der Waals surface area contributed by atoms with Gasteiger partial charge >= 0.3 is 0 Å². The van der Waals surface area contributed by atoms with Crippen LogP contribution in [0.5, 0.6) is 0 Å². The number of amides is 1. The summed E-state index contributed by atoms with van der Waals surface area (Å²) >= 11 is 0. The van der Waals surface area contributed by atoms with Gasteiger partial charge in [-0.3, -0.25) is 15.1 Å². The molecule has 104 valence electrons. The van der Waals surface area contributed by atoms with Gasteiger partial charge in [0.25, 0.3) is 5.91 Å². The summed E-state index contributed by atoms with van der Waals surface area (Å²) in [5.74, 6) is 4.94. The molecule has 4 heteroatoms. The summed E-state index contributed by atoms with van der Waals surface area (Å²) in [7, 11) is 0. The first-order valence-corrected chi connectivity index (χ1v) is 7.08. The Hall–Kier alpha value is -1.39. The fraction of sp³-hybridized carbons (Fsp3) is 0.533. The van der Waals surface area contributed by atoms with Crippen molar-refractivity contribution in [3.05, 3.63) is 35.4 Å². The number of carbonyl (C=O) groups is 1. The molecular formula is C15H23N3O. The van der Waals surface area contributed by atoms with Gasteiger partial charge in [0.2, 0.25) is 0 Å². The highest BCUT2D eigenvalue weighted by atomic mass is 16.2. The minimum absolute atomic E-state index is 0.229. The predicted octanol–water partition coefficient (Wildman–Crippen LogP) is 2.05. The molecular weight excluding hydrogens is 238 g/mol. The van der Waals surface area contributed by atoms with Gasteiger partial charge in [-0.25, -0.2) is 5.84 Å². The molecule has 1 aliphatic heterocycles. The molecule has 0 spiro atoms. The zero-order valence-corrected chi connectivity index (χ0v) is 11.6. The highest BCUT2D eigenvalue weighted by Gasteiger charge is 2.20. The number of benzene rings is 1. The minimum atomic E-state index is -0.229. The first-order valence-electron chi connectivity index (χ1n) is 7.08. The van der Waals surface area contributed by atoms with E-state index >= 15 is 0 Å². The molecule has 0 aromatic heterocycles. The van der Waals surface area contributed by atoms with E-state index in [2.05, 4.69) is 23.3 Å². The Morgan fingerprint density at radius 2 is 2.32 bits per heavy atom. The van der Waals surface area contributed by atoms with Gasteiger partial charge in [0.05, 0.1) is 0 Å². The summed E-state index contributed by atoms with van der Waals surface area (Å²) in [5.41, 5.74) is 3.99. The van der Waals surface area contributed by atoms with Gasteiger partial charge in [0.1, 0.15) is 0 Å². The van der Waals surface area contributed by atoms with Gasteiger partial charge in [0, 0.05) is 18.2 Å². The Morgan fingerprint density at radius 1 is 1.47 bits per heavy atom. The van der Waals surface area contributed by atoms with Crippen molar-refractivity contribution in [3.63, 3.8) is 0 Å². The number of nitrogens with two attached hydrogens (primary N) is 1. The van der Waals surface area contributed by atoms with Crippen molar-refractivity contribution >= 4 is 5.91 Å². The van der Waals surface area contributed by atoms with Gasteiger partial charge in [-0.2, -0.15) is 0 Å². The molecule has 1 aromatic carbocycles. The van der Waals surface area contributed by atoms with Crippen LogP contribution in [-0.4, -0.2) is 23.4 Å². The molecule has 1 aliphatic rings. The fourth-order valence-electron chi connectivity index (χ4n) is 2.86. The summed E-state index contributed by atoms with van der Waals surface area (Å²) in [6.45, 7) is 4.33. The molecule has 0 saturated carbocycles. The van der Waals surface area contributed by atoms with E-state index in [4.69, 9.17) is 5.84 Å². The summed E-state index contributed by atoms with van der Waals surface area (Å²) < 4.78 is 0. The lowest BCUT2D eigenvalue weighted by Crippen LogP contribution is -2.38. The molecule has 0 bridgehead atoms. The summed E-state index contributed by atoms with van der Waals surface area (Å²) in [5, 5.41) is 0. The Morgan fingerprint density at radius 3 is 3.05 bits per heavy atom. The van der Waals surface area contributed by atoms with Crippen molar-refractivity contribution < 1.29 is 4.79 Å². The highest BCUT2D eigenvalue weighted by molar-refractivity contribution is 5.93. The third-order valence-corrected chi connectivity index (χ3v) is 3.93. The number of nitrogens with zero attached hydrogens (tertiary/aromatic N) is 1. The molecule has 3 N–H and O–H groups in total. The minimum Gasteiger partial charge on any atom is -0.296 e. The summed E-state index contributed by atoms with van der Waals surface area (Å²) in [6, 6.07) is 8.41. The summed E-state index contributed by atoms with van der Waals surface area (Å²) in [4.78, 5) is 14.1. The first kappa shape index (κ1) is 14.0. The normalized spacial score (nSPS) is 20.2. The Bertz CT molecular complexity index is 433. The van der Waals surface area contributed by atoms with Crippen LogP contribution in [-0.2, 0) is 6.54 Å². The maximum atomic E-state index is 11.5. The quantitative estimate of drug-likeness (QED) is 0.495. The van der Waals surface area contributed by atoms with Gasteiger partial charge in [0.15, 0.2) is 0 Å². The standard InChI is InChI=1S/C15H23N3O/c1-2-14-8-3-4-9-18(14)11-12-6-5-7-13(10-12)15(19)17-16/h5-7,10,14H,2-4,8-9,11,16H2,1H3,(H,17,19). The van der Waals surface area contributed by atoms with E-state index in [9.17, 15) is 4.79 Å². The molecule has 0 aliphatic carbocycles. The van der Waals surface area contributed by atoms with Gasteiger partial charge < -0.3 is 0 Å². The number of piperidine rings is 1. The number of rotatable bonds is 4. The van der Waals surface area contributed by atoms with Crippen LogP contribution in [0.1, 0.15) is 48.5 Å². The van der Waals surface area contributed by atoms with Crippen molar-refractivity contribution in [2.24, 2.45) is 5.84 Å². The number of nitrogens with one attached hydrogen (secondary N) is 1. The van der Waals surface area contributed by atoms with Crippen LogP contribution in [0.4, 0.5) is 0 Å². The Balaban J connectivity index is 2.07. The van der Waals surface area contributed by atoms with Crippen LogP contribution < -0.4 is 11.3 Å². The molecule has 1 fully saturated rings. The topological polar surface area (TPSA) is 58.4 Å². The lowest BCUT2D eigenvalue weighted by Gasteiger charge is -2.35. The third kappa shape index (κ3) is 3.55. The van der Waals surface area contributed by atoms with Crippen LogP contribution in [0.2, 0.25) is 0 Å². The second kappa shape index (κ2) is 6.68. The van der Waals surface area contributed by atoms with Gasteiger partial charge in [-0.05, 0) is 43.5 Å². The monoisotopic (exact) mass is 261 g/mol. The van der Waals surface area contributed by atoms with Crippen LogP contribution in [0.25, 0.3) is 0 Å². The molecule has 1 heterocycles. The maximum Gasteiger partial charge on any atom is 0.265 e. The lowest BCUT2D eigenvalue weighted by molar-refractivity contribution is 0.0953. The van der Waals surface area contributed by atoms with Crippen LogP contribution in [0, 0.1) is 0 Å². The van der Waals surface area contributed by atoms with Gasteiger partial charge in [-0.1, -0.05) is 25.5 Å². The van der Waals surface area contributed by atoms with Gasteiger partial charge in [-0.15, -0.1) is 0 Å². The van der Waals surface area contributed by atoms with E-state index in [1.165, 1.54) is 31.2 Å². The maximum absolute atomic E-state index is 11.5. The van der Waals surface area contributed by atoms with Crippen LogP contribution in [0.15, 0.2) is 24.3 Å². The molecule has 4 nitrogen and oxygen atoms in total. The number of nitrogen functional groups attached to an aromatic ring is 1. The second-order valence-electron chi connectivity index (χ2n) is 5.20. The van der Waals surface area contributed by atoms with Crippen molar-refractivity contribution in [2.45, 2.75) is 45.2 Å². The van der Waals surface area contributed by atoms with Crippen molar-refractivity contribution in [2.75, 3.05) is 6.54 Å². The van der Waals surface area contributed by atoms with Crippen molar-refractivity contribution in [1.82, 2.24) is 10.3 Å².